The zero-order chi connectivity index (χ0) is 15.7. The van der Waals surface area contributed by atoms with Crippen LogP contribution < -0.4 is 5.32 Å². The molecule has 1 amide bonds. The molecule has 21 heavy (non-hydrogen) atoms. The topological polar surface area (TPSA) is 136 Å². The van der Waals surface area contributed by atoms with Crippen LogP contribution in [0.15, 0.2) is 5.16 Å². The fourth-order valence-corrected chi connectivity index (χ4v) is 1.98. The van der Waals surface area contributed by atoms with E-state index < -0.39 is 5.97 Å². The van der Waals surface area contributed by atoms with Crippen molar-refractivity contribution in [1.82, 2.24) is 25.5 Å². The number of ether oxygens (including phenoxy) is 1. The molecular formula is C10H15N5O5S. The molecule has 0 fully saturated rings. The number of tetrazole rings is 1. The van der Waals surface area contributed by atoms with Gasteiger partial charge in [-0.05, 0) is 16.8 Å². The van der Waals surface area contributed by atoms with Gasteiger partial charge in [0.05, 0.1) is 12.9 Å². The van der Waals surface area contributed by atoms with Crippen molar-refractivity contribution in [3.63, 3.8) is 0 Å². The molecule has 2 N–H and O–H groups in total. The number of nitrogens with one attached hydrogen (secondary N) is 1. The summed E-state index contributed by atoms with van der Waals surface area (Å²) in [6, 6.07) is 0. The highest BCUT2D eigenvalue weighted by Gasteiger charge is 2.12. The van der Waals surface area contributed by atoms with Crippen LogP contribution in [-0.2, 0) is 25.7 Å². The summed E-state index contributed by atoms with van der Waals surface area (Å²) in [4.78, 5) is 33.0. The largest absolute Gasteiger partial charge is 0.480 e. The number of hydrogen-bond donors (Lipinski definition) is 2. The lowest BCUT2D eigenvalue weighted by Crippen LogP contribution is -2.26. The zero-order valence-electron chi connectivity index (χ0n) is 11.3. The van der Waals surface area contributed by atoms with Gasteiger partial charge in [-0.2, -0.15) is 0 Å². The molecule has 1 rings (SSSR count). The molecule has 0 unspecified atom stereocenters. The first-order chi connectivity index (χ1) is 10.0. The van der Waals surface area contributed by atoms with Gasteiger partial charge in [0.2, 0.25) is 11.1 Å². The second kappa shape index (κ2) is 8.89. The molecular weight excluding hydrogens is 302 g/mol. The van der Waals surface area contributed by atoms with Crippen molar-refractivity contribution in [3.8, 4) is 0 Å². The van der Waals surface area contributed by atoms with Crippen LogP contribution in [0.25, 0.3) is 0 Å². The molecule has 1 aromatic heterocycles. The fraction of sp³-hybridized carbons (Fsp3) is 0.600. The first-order valence-corrected chi connectivity index (χ1v) is 6.95. The van der Waals surface area contributed by atoms with E-state index in [1.165, 1.54) is 7.11 Å². The highest BCUT2D eigenvalue weighted by atomic mass is 32.2. The summed E-state index contributed by atoms with van der Waals surface area (Å²) in [5.41, 5.74) is 0. The average Bonchev–Trinajstić information content (AvgIpc) is 2.87. The van der Waals surface area contributed by atoms with Crippen LogP contribution in [0.4, 0.5) is 0 Å². The Bertz CT molecular complexity index is 506. The van der Waals surface area contributed by atoms with Crippen LogP contribution in [0.1, 0.15) is 12.8 Å². The van der Waals surface area contributed by atoms with Crippen molar-refractivity contribution < 1.29 is 24.2 Å². The monoisotopic (exact) mass is 317 g/mol. The second-order valence-electron chi connectivity index (χ2n) is 3.83. The third-order valence-electron chi connectivity index (χ3n) is 2.22. The number of aromatic nitrogens is 4. The van der Waals surface area contributed by atoms with Crippen molar-refractivity contribution in [2.45, 2.75) is 24.5 Å². The van der Waals surface area contributed by atoms with E-state index in [2.05, 4.69) is 25.6 Å². The van der Waals surface area contributed by atoms with Crippen LogP contribution in [0.2, 0.25) is 0 Å². The summed E-state index contributed by atoms with van der Waals surface area (Å²) in [5, 5.41) is 22.0. The number of hydrogen-bond acceptors (Lipinski definition) is 8. The molecule has 0 aromatic carbocycles. The van der Waals surface area contributed by atoms with E-state index in [0.717, 1.165) is 16.4 Å². The van der Waals surface area contributed by atoms with E-state index in [9.17, 15) is 14.4 Å². The van der Waals surface area contributed by atoms with Gasteiger partial charge in [0.15, 0.2) is 0 Å². The quantitative estimate of drug-likeness (QED) is 0.331. The minimum atomic E-state index is -1.07. The first-order valence-electron chi connectivity index (χ1n) is 5.97. The lowest BCUT2D eigenvalue weighted by Gasteiger charge is -2.04. The lowest BCUT2D eigenvalue weighted by molar-refractivity contribution is -0.141. The molecule has 0 aliphatic rings. The number of nitrogens with zero attached hydrogens (tertiary/aromatic N) is 4. The average molecular weight is 317 g/mol. The number of aliphatic carboxylic acids is 1. The van der Waals surface area contributed by atoms with Gasteiger partial charge in [-0.3, -0.25) is 14.4 Å². The van der Waals surface area contributed by atoms with Gasteiger partial charge in [-0.15, -0.1) is 5.10 Å². The maximum Gasteiger partial charge on any atom is 0.325 e. The molecule has 116 valence electrons. The van der Waals surface area contributed by atoms with Gasteiger partial charge in [-0.1, -0.05) is 11.8 Å². The van der Waals surface area contributed by atoms with Crippen LogP contribution in [-0.4, -0.2) is 62.6 Å². The maximum atomic E-state index is 11.5. The molecule has 1 heterocycles. The molecule has 0 spiro atoms. The number of methoxy groups -OCH3 is 1. The Hall–Kier alpha value is -2.17. The smallest absolute Gasteiger partial charge is 0.325 e. The van der Waals surface area contributed by atoms with Crippen LogP contribution in [0, 0.1) is 0 Å². The maximum absolute atomic E-state index is 11.5. The molecule has 0 aliphatic carbocycles. The van der Waals surface area contributed by atoms with Crippen molar-refractivity contribution in [3.05, 3.63) is 0 Å². The second-order valence-corrected chi connectivity index (χ2v) is 4.77. The Morgan fingerprint density at radius 3 is 2.86 bits per heavy atom. The van der Waals surface area contributed by atoms with E-state index >= 15 is 0 Å². The van der Waals surface area contributed by atoms with Crippen LogP contribution in [0.5, 0.6) is 0 Å². The highest BCUT2D eigenvalue weighted by Crippen LogP contribution is 2.12. The summed E-state index contributed by atoms with van der Waals surface area (Å²) in [6.07, 6.45) is 0.723. The molecule has 0 saturated heterocycles. The van der Waals surface area contributed by atoms with Crippen molar-refractivity contribution in [2.75, 3.05) is 19.4 Å². The Kier molecular flexibility index (Phi) is 7.15. The molecule has 0 aliphatic heterocycles. The fourth-order valence-electron chi connectivity index (χ4n) is 1.27. The molecule has 10 nitrogen and oxygen atoms in total. The van der Waals surface area contributed by atoms with Gasteiger partial charge < -0.3 is 15.2 Å². The molecule has 0 atom stereocenters. The summed E-state index contributed by atoms with van der Waals surface area (Å²) in [6.45, 7) is -0.00928. The van der Waals surface area contributed by atoms with Gasteiger partial charge in [0.1, 0.15) is 6.54 Å². The number of esters is 1. The minimum Gasteiger partial charge on any atom is -0.480 e. The summed E-state index contributed by atoms with van der Waals surface area (Å²) < 4.78 is 5.56. The third kappa shape index (κ3) is 6.70. The predicted molar refractivity (Wildman–Crippen MR) is 70.4 cm³/mol. The highest BCUT2D eigenvalue weighted by molar-refractivity contribution is 7.99. The Labute approximate surface area is 124 Å². The molecule has 0 radical (unpaired) electrons. The van der Waals surface area contributed by atoms with Crippen LogP contribution >= 0.6 is 11.8 Å². The van der Waals surface area contributed by atoms with Crippen molar-refractivity contribution >= 4 is 29.6 Å². The number of carbonyl (C=O) groups is 3. The Balaban J connectivity index is 2.25. The summed E-state index contributed by atoms with van der Waals surface area (Å²) in [5.74, 6) is -1.60. The Morgan fingerprint density at radius 2 is 2.19 bits per heavy atom. The number of amides is 1. The Morgan fingerprint density at radius 1 is 1.43 bits per heavy atom. The summed E-state index contributed by atoms with van der Waals surface area (Å²) >= 11 is 1.03. The van der Waals surface area contributed by atoms with Gasteiger partial charge in [0, 0.05) is 13.0 Å². The van der Waals surface area contributed by atoms with Crippen molar-refractivity contribution in [2.24, 2.45) is 0 Å². The zero-order valence-corrected chi connectivity index (χ0v) is 12.1. The van der Waals surface area contributed by atoms with Gasteiger partial charge in [-0.25, -0.2) is 4.68 Å². The first kappa shape index (κ1) is 16.9. The number of rotatable bonds is 9. The van der Waals surface area contributed by atoms with Crippen LogP contribution in [0.3, 0.4) is 0 Å². The number of carbonyl (C=O) groups excluding carboxylic acids is 2. The van der Waals surface area contributed by atoms with E-state index in [0.29, 0.717) is 13.0 Å². The number of thioether (sulfide) groups is 1. The van der Waals surface area contributed by atoms with E-state index in [1.807, 2.05) is 0 Å². The van der Waals surface area contributed by atoms with E-state index in [1.54, 1.807) is 0 Å². The van der Waals surface area contributed by atoms with Crippen molar-refractivity contribution in [1.29, 1.82) is 0 Å². The molecule has 0 saturated carbocycles. The molecule has 1 aromatic rings. The SMILES string of the molecule is COC(=O)CCCNC(=O)CSc1nnnn1CC(=O)O. The van der Waals surface area contributed by atoms with E-state index in [-0.39, 0.29) is 35.8 Å². The molecule has 0 bridgehead atoms. The molecule has 11 heteroatoms. The predicted octanol–water partition coefficient (Wildman–Crippen LogP) is -1.08. The van der Waals surface area contributed by atoms with Gasteiger partial charge in [0.25, 0.3) is 0 Å². The lowest BCUT2D eigenvalue weighted by atomic mass is 10.3. The number of carboxylic acids is 1. The number of carboxylic acid groups (broad SMARTS) is 1. The normalized spacial score (nSPS) is 10.1. The summed E-state index contributed by atoms with van der Waals surface area (Å²) in [7, 11) is 1.30. The minimum absolute atomic E-state index is 0.0538. The third-order valence-corrected chi connectivity index (χ3v) is 3.18. The standard InChI is InChI=1S/C10H15N5O5S/c1-20-9(19)3-2-4-11-7(16)6-21-10-12-13-14-15(10)5-8(17)18/h2-6H2,1H3,(H,11,16)(H,17,18). The van der Waals surface area contributed by atoms with E-state index in [4.69, 9.17) is 5.11 Å². The van der Waals surface area contributed by atoms with Gasteiger partial charge >= 0.3 is 11.9 Å².